The Hall–Kier alpha value is -1.15. The lowest BCUT2D eigenvalue weighted by Crippen LogP contribution is -2.49. The van der Waals surface area contributed by atoms with Gasteiger partial charge >= 0.3 is 0 Å². The van der Waals surface area contributed by atoms with E-state index < -0.39 is 0 Å². The minimum Gasteiger partial charge on any atom is -0.300 e. The molecule has 0 radical (unpaired) electrons. The molecule has 0 spiro atoms. The number of carbonyl (C=O) groups excluding carboxylic acids is 2. The molecule has 6 atom stereocenters. The summed E-state index contributed by atoms with van der Waals surface area (Å²) in [4.78, 5) is 24.0. The Morgan fingerprint density at radius 1 is 1.21 bits per heavy atom. The highest BCUT2D eigenvalue weighted by Crippen LogP contribution is 2.65. The van der Waals surface area contributed by atoms with Gasteiger partial charge < -0.3 is 0 Å². The Kier molecular flexibility index (Phi) is 3.52. The van der Waals surface area contributed by atoms with Crippen LogP contribution in [-0.4, -0.2) is 11.6 Å². The van der Waals surface area contributed by atoms with Crippen LogP contribution in [0.1, 0.15) is 46.5 Å². The molecule has 2 nitrogen and oxygen atoms in total. The molecule has 24 heavy (non-hydrogen) atoms. The number of halogens is 1. The van der Waals surface area contributed by atoms with Crippen molar-refractivity contribution in [3.63, 3.8) is 0 Å². The fourth-order valence-corrected chi connectivity index (χ4v) is 6.80. The second kappa shape index (κ2) is 5.17. The number of rotatable bonds is 1. The maximum Gasteiger partial charge on any atom is 0.178 e. The first-order valence-corrected chi connectivity index (χ1v) is 9.48. The van der Waals surface area contributed by atoms with Crippen LogP contribution in [0.4, 0.5) is 0 Å². The molecule has 2 fully saturated rings. The van der Waals surface area contributed by atoms with Crippen molar-refractivity contribution in [2.24, 2.45) is 34.5 Å². The zero-order chi connectivity index (χ0) is 17.3. The number of fused-ring (bicyclic) bond motifs is 5. The number of hydrogen-bond donors (Lipinski definition) is 0. The Balaban J connectivity index is 1.79. The average molecular weight is 345 g/mol. The quantitative estimate of drug-likeness (QED) is 0.682. The van der Waals surface area contributed by atoms with Gasteiger partial charge in [-0.25, -0.2) is 0 Å². The van der Waals surface area contributed by atoms with Gasteiger partial charge in [-0.05, 0) is 73.5 Å². The maximum atomic E-state index is 12.2. The van der Waals surface area contributed by atoms with Gasteiger partial charge in [0.1, 0.15) is 5.78 Å². The van der Waals surface area contributed by atoms with Crippen LogP contribution in [0.3, 0.4) is 0 Å². The van der Waals surface area contributed by atoms with Crippen molar-refractivity contribution in [3.05, 3.63) is 34.9 Å². The van der Waals surface area contributed by atoms with Crippen LogP contribution in [0.2, 0.25) is 0 Å². The molecule has 128 valence electrons. The lowest BCUT2D eigenvalue weighted by molar-refractivity contribution is -0.126. The van der Waals surface area contributed by atoms with Crippen LogP contribution < -0.4 is 0 Å². The Bertz CT molecular complexity index is 715. The third kappa shape index (κ3) is 2.02. The topological polar surface area (TPSA) is 34.1 Å². The molecule has 0 unspecified atom stereocenters. The van der Waals surface area contributed by atoms with E-state index in [0.29, 0.717) is 23.5 Å². The zero-order valence-corrected chi connectivity index (χ0v) is 15.4. The van der Waals surface area contributed by atoms with Crippen molar-refractivity contribution >= 4 is 23.2 Å². The number of carbonyl (C=O) groups is 2. The maximum absolute atomic E-state index is 12.2. The van der Waals surface area contributed by atoms with Gasteiger partial charge in [0, 0.05) is 16.4 Å². The predicted molar refractivity (Wildman–Crippen MR) is 95.5 cm³/mol. The van der Waals surface area contributed by atoms with Gasteiger partial charge in [0.2, 0.25) is 0 Å². The normalized spacial score (nSPS) is 46.6. The summed E-state index contributed by atoms with van der Waals surface area (Å²) in [7, 11) is 0. The standard InChI is InChI=1S/C21H25ClO2/c1-12(23)15-4-5-16-14-11-19(22)18-10-13(24)6-8-21(18,3)17(14)7-9-20(15,16)2/h6,8,10-11,14-17H,4-5,7,9H2,1-3H3/t14-,15+,16-,17+,20+,21-/m0/s1. The van der Waals surface area contributed by atoms with E-state index in [1.165, 1.54) is 0 Å². The Morgan fingerprint density at radius 3 is 2.67 bits per heavy atom. The van der Waals surface area contributed by atoms with Crippen molar-refractivity contribution in [3.8, 4) is 0 Å². The lowest BCUT2D eigenvalue weighted by atomic mass is 9.49. The summed E-state index contributed by atoms with van der Waals surface area (Å²) in [6.45, 7) is 6.31. The Labute approximate surface area is 149 Å². The molecule has 0 saturated heterocycles. The highest BCUT2D eigenvalue weighted by atomic mass is 35.5. The van der Waals surface area contributed by atoms with Crippen LogP contribution in [-0.2, 0) is 9.59 Å². The molecule has 0 aliphatic heterocycles. The van der Waals surface area contributed by atoms with Gasteiger partial charge in [0.05, 0.1) is 0 Å². The summed E-state index contributed by atoms with van der Waals surface area (Å²) < 4.78 is 0. The molecule has 0 bridgehead atoms. The summed E-state index contributed by atoms with van der Waals surface area (Å²) >= 11 is 6.64. The van der Waals surface area contributed by atoms with E-state index >= 15 is 0 Å². The first-order valence-electron chi connectivity index (χ1n) is 9.11. The van der Waals surface area contributed by atoms with E-state index in [2.05, 4.69) is 26.0 Å². The third-order valence-corrected chi connectivity index (χ3v) is 7.98. The molecule has 2 saturated carbocycles. The van der Waals surface area contributed by atoms with Gasteiger partial charge in [-0.1, -0.05) is 37.6 Å². The molecule has 3 heteroatoms. The van der Waals surface area contributed by atoms with Crippen LogP contribution >= 0.6 is 11.6 Å². The van der Waals surface area contributed by atoms with Gasteiger partial charge in [0.25, 0.3) is 0 Å². The summed E-state index contributed by atoms with van der Waals surface area (Å²) in [6.07, 6.45) is 12.0. The van der Waals surface area contributed by atoms with E-state index in [-0.39, 0.29) is 22.5 Å². The van der Waals surface area contributed by atoms with Gasteiger partial charge in [0.15, 0.2) is 5.78 Å². The fraction of sp³-hybridized carbons (Fsp3) is 0.619. The van der Waals surface area contributed by atoms with E-state index in [4.69, 9.17) is 11.6 Å². The molecule has 0 aromatic carbocycles. The minimum absolute atomic E-state index is 0.0330. The monoisotopic (exact) mass is 344 g/mol. The first kappa shape index (κ1) is 16.3. The van der Waals surface area contributed by atoms with Crippen molar-refractivity contribution in [1.29, 1.82) is 0 Å². The van der Waals surface area contributed by atoms with Crippen molar-refractivity contribution in [1.82, 2.24) is 0 Å². The summed E-state index contributed by atoms with van der Waals surface area (Å²) in [6, 6.07) is 0. The highest BCUT2D eigenvalue weighted by Gasteiger charge is 2.59. The van der Waals surface area contributed by atoms with E-state index in [1.807, 2.05) is 0 Å². The van der Waals surface area contributed by atoms with Crippen molar-refractivity contribution in [2.45, 2.75) is 46.5 Å². The molecule has 0 N–H and O–H groups in total. The molecular formula is C21H25ClO2. The summed E-state index contributed by atoms with van der Waals surface area (Å²) in [5.74, 6) is 1.97. The zero-order valence-electron chi connectivity index (χ0n) is 14.6. The van der Waals surface area contributed by atoms with Crippen molar-refractivity contribution < 1.29 is 9.59 Å². The van der Waals surface area contributed by atoms with Gasteiger partial charge in [-0.2, -0.15) is 0 Å². The fourth-order valence-electron chi connectivity index (χ4n) is 6.39. The molecule has 0 aromatic rings. The van der Waals surface area contributed by atoms with Crippen LogP contribution in [0.15, 0.2) is 34.9 Å². The van der Waals surface area contributed by atoms with Crippen molar-refractivity contribution in [2.75, 3.05) is 0 Å². The van der Waals surface area contributed by atoms with E-state index in [9.17, 15) is 9.59 Å². The smallest absolute Gasteiger partial charge is 0.178 e. The third-order valence-electron chi connectivity index (χ3n) is 7.65. The van der Waals surface area contributed by atoms with Gasteiger partial charge in [-0.3, -0.25) is 9.59 Å². The van der Waals surface area contributed by atoms with E-state index in [1.54, 1.807) is 19.1 Å². The second-order valence-electron chi connectivity index (χ2n) is 8.67. The van der Waals surface area contributed by atoms with Crippen LogP contribution in [0.25, 0.3) is 0 Å². The first-order chi connectivity index (χ1) is 11.3. The predicted octanol–water partition coefficient (Wildman–Crippen LogP) is 4.84. The molecule has 0 aromatic heterocycles. The lowest BCUT2D eigenvalue weighted by Gasteiger charge is -2.55. The Morgan fingerprint density at radius 2 is 1.96 bits per heavy atom. The molecule has 4 rings (SSSR count). The summed E-state index contributed by atoms with van der Waals surface area (Å²) in [5, 5.41) is 0.743. The van der Waals surface area contributed by atoms with Gasteiger partial charge in [-0.15, -0.1) is 0 Å². The summed E-state index contributed by atoms with van der Waals surface area (Å²) in [5.41, 5.74) is 0.939. The molecule has 0 heterocycles. The SMILES string of the molecule is CC(=O)[C@H]1CC[C@H]2[C@@H]3C=C(Cl)C4=CC(=O)C=C[C@@]4(C)[C@@H]3CC[C@]12C. The average Bonchev–Trinajstić information content (AvgIpc) is 2.87. The molecule has 4 aliphatic carbocycles. The molecule has 4 aliphatic rings. The number of Topliss-reactive ketones (excluding diaryl/α,β-unsaturated/α-hetero) is 1. The number of ketones is 2. The molecule has 0 amide bonds. The van der Waals surface area contributed by atoms with E-state index in [0.717, 1.165) is 36.3 Å². The highest BCUT2D eigenvalue weighted by molar-refractivity contribution is 6.32. The number of allylic oxidation sites excluding steroid dienone is 6. The second-order valence-corrected chi connectivity index (χ2v) is 9.07. The molecular weight excluding hydrogens is 320 g/mol. The largest absolute Gasteiger partial charge is 0.300 e. The van der Waals surface area contributed by atoms with Crippen LogP contribution in [0.5, 0.6) is 0 Å². The van der Waals surface area contributed by atoms with Crippen LogP contribution in [0, 0.1) is 34.5 Å². The number of hydrogen-bond acceptors (Lipinski definition) is 2. The minimum atomic E-state index is -0.153.